The molecule has 0 saturated heterocycles. The molecule has 1 amide bonds. The summed E-state index contributed by atoms with van der Waals surface area (Å²) in [5, 5.41) is 2.90. The zero-order valence-corrected chi connectivity index (χ0v) is 14.4. The van der Waals surface area contributed by atoms with Crippen LogP contribution in [0.2, 0.25) is 0 Å². The molecule has 3 aromatic rings. The number of fused-ring (bicyclic) bond motifs is 1. The Kier molecular flexibility index (Phi) is 5.33. The van der Waals surface area contributed by atoms with Crippen LogP contribution in [0.4, 0.5) is 0 Å². The van der Waals surface area contributed by atoms with Crippen LogP contribution in [0.1, 0.15) is 18.9 Å². The van der Waals surface area contributed by atoms with Crippen LogP contribution >= 0.6 is 0 Å². The lowest BCUT2D eigenvalue weighted by molar-refractivity contribution is -0.121. The molecule has 1 heterocycles. The molecule has 1 N–H and O–H groups in total. The number of carbonyl (C=O) groups is 1. The van der Waals surface area contributed by atoms with Crippen LogP contribution in [-0.4, -0.2) is 21.6 Å². The highest BCUT2D eigenvalue weighted by atomic mass is 16.2. The molecular weight excluding hydrogens is 314 g/mol. The summed E-state index contributed by atoms with van der Waals surface area (Å²) in [6, 6.07) is 17.6. The minimum absolute atomic E-state index is 0.0465. The molecule has 0 atom stereocenters. The van der Waals surface area contributed by atoms with E-state index in [0.29, 0.717) is 13.1 Å². The van der Waals surface area contributed by atoms with Crippen molar-refractivity contribution in [2.75, 3.05) is 6.54 Å². The number of nitrogens with zero attached hydrogens (tertiary/aromatic N) is 2. The monoisotopic (exact) mass is 337 g/mol. The maximum atomic E-state index is 12.7. The minimum atomic E-state index is -0.141. The van der Waals surface area contributed by atoms with Crippen molar-refractivity contribution in [1.82, 2.24) is 14.5 Å². The fraction of sp³-hybridized carbons (Fsp3) is 0.300. The average molecular weight is 337 g/mol. The molecule has 1 aromatic heterocycles. The number of aromatic nitrogens is 2. The van der Waals surface area contributed by atoms with Gasteiger partial charge in [0.25, 0.3) is 0 Å². The molecule has 3 rings (SSSR count). The number of rotatable bonds is 7. The molecule has 5 heteroatoms. The zero-order chi connectivity index (χ0) is 17.6. The summed E-state index contributed by atoms with van der Waals surface area (Å²) < 4.78 is 3.30. The van der Waals surface area contributed by atoms with Crippen molar-refractivity contribution < 1.29 is 4.79 Å². The molecule has 0 bridgehead atoms. The second-order valence-electron chi connectivity index (χ2n) is 6.09. The summed E-state index contributed by atoms with van der Waals surface area (Å²) in [4.78, 5) is 24.9. The molecule has 0 unspecified atom stereocenters. The van der Waals surface area contributed by atoms with E-state index in [-0.39, 0.29) is 18.1 Å². The van der Waals surface area contributed by atoms with E-state index >= 15 is 0 Å². The fourth-order valence-corrected chi connectivity index (χ4v) is 3.06. The minimum Gasteiger partial charge on any atom is -0.354 e. The van der Waals surface area contributed by atoms with Gasteiger partial charge in [-0.1, -0.05) is 49.4 Å². The molecule has 0 aliphatic carbocycles. The average Bonchev–Trinajstić information content (AvgIpc) is 2.89. The van der Waals surface area contributed by atoms with Gasteiger partial charge in [-0.2, -0.15) is 0 Å². The molecule has 5 nitrogen and oxygen atoms in total. The first-order valence-corrected chi connectivity index (χ1v) is 8.69. The highest BCUT2D eigenvalue weighted by Gasteiger charge is 2.14. The summed E-state index contributed by atoms with van der Waals surface area (Å²) in [7, 11) is 0. The molecule has 2 aromatic carbocycles. The Bertz CT molecular complexity index is 910. The Morgan fingerprint density at radius 2 is 1.60 bits per heavy atom. The first-order chi connectivity index (χ1) is 12.2. The van der Waals surface area contributed by atoms with Gasteiger partial charge in [-0.05, 0) is 30.5 Å². The number of amides is 1. The third kappa shape index (κ3) is 3.82. The Labute approximate surface area is 146 Å². The molecule has 0 radical (unpaired) electrons. The van der Waals surface area contributed by atoms with Crippen molar-refractivity contribution in [2.24, 2.45) is 0 Å². The number of aryl methyl sites for hydroxylation is 1. The second kappa shape index (κ2) is 7.83. The van der Waals surface area contributed by atoms with Crippen LogP contribution < -0.4 is 11.0 Å². The fourth-order valence-electron chi connectivity index (χ4n) is 3.06. The Balaban J connectivity index is 1.71. The van der Waals surface area contributed by atoms with Crippen LogP contribution in [0.15, 0.2) is 59.4 Å². The van der Waals surface area contributed by atoms with Crippen LogP contribution in [0, 0.1) is 0 Å². The van der Waals surface area contributed by atoms with E-state index in [9.17, 15) is 9.59 Å². The largest absolute Gasteiger partial charge is 0.354 e. The van der Waals surface area contributed by atoms with E-state index in [1.165, 1.54) is 5.56 Å². The summed E-state index contributed by atoms with van der Waals surface area (Å²) in [5.41, 5.74) is 2.74. The highest BCUT2D eigenvalue weighted by Crippen LogP contribution is 2.13. The van der Waals surface area contributed by atoms with Gasteiger partial charge in [0.05, 0.1) is 11.0 Å². The van der Waals surface area contributed by atoms with Crippen molar-refractivity contribution in [3.63, 3.8) is 0 Å². The number of carbonyl (C=O) groups excluding carboxylic acids is 1. The van der Waals surface area contributed by atoms with Gasteiger partial charge in [0, 0.05) is 13.1 Å². The maximum absolute atomic E-state index is 12.7. The lowest BCUT2D eigenvalue weighted by Crippen LogP contribution is -2.34. The lowest BCUT2D eigenvalue weighted by atomic mass is 10.1. The molecule has 0 aliphatic heterocycles. The molecular formula is C20H23N3O2. The van der Waals surface area contributed by atoms with E-state index in [0.717, 1.165) is 23.9 Å². The Hall–Kier alpha value is -2.82. The lowest BCUT2D eigenvalue weighted by Gasteiger charge is -2.06. The first kappa shape index (κ1) is 17.0. The van der Waals surface area contributed by atoms with Gasteiger partial charge in [-0.3, -0.25) is 13.9 Å². The maximum Gasteiger partial charge on any atom is 0.329 e. The van der Waals surface area contributed by atoms with Crippen molar-refractivity contribution in [1.29, 1.82) is 0 Å². The van der Waals surface area contributed by atoms with Crippen LogP contribution in [0.25, 0.3) is 11.0 Å². The highest BCUT2D eigenvalue weighted by molar-refractivity contribution is 5.80. The summed E-state index contributed by atoms with van der Waals surface area (Å²) in [5.74, 6) is -0.141. The van der Waals surface area contributed by atoms with Crippen molar-refractivity contribution in [2.45, 2.75) is 32.9 Å². The van der Waals surface area contributed by atoms with Gasteiger partial charge in [0.2, 0.25) is 5.91 Å². The van der Waals surface area contributed by atoms with Crippen molar-refractivity contribution >= 4 is 16.9 Å². The first-order valence-electron chi connectivity index (χ1n) is 8.69. The SMILES string of the molecule is CCCn1c(=O)n(CC(=O)NCCc2ccccc2)c2ccccc21. The third-order valence-electron chi connectivity index (χ3n) is 4.25. The topological polar surface area (TPSA) is 56.0 Å². The predicted octanol–water partition coefficient (Wildman–Crippen LogP) is 2.57. The normalized spacial score (nSPS) is 10.9. The van der Waals surface area contributed by atoms with E-state index < -0.39 is 0 Å². The van der Waals surface area contributed by atoms with Gasteiger partial charge < -0.3 is 5.32 Å². The van der Waals surface area contributed by atoms with Gasteiger partial charge in [-0.15, -0.1) is 0 Å². The molecule has 0 aliphatic rings. The standard InChI is InChI=1S/C20H23N3O2/c1-2-14-22-17-10-6-7-11-18(17)23(20(22)25)15-19(24)21-13-12-16-8-4-3-5-9-16/h3-11H,2,12-15H2,1H3,(H,21,24). The van der Waals surface area contributed by atoms with E-state index in [1.54, 1.807) is 9.13 Å². The van der Waals surface area contributed by atoms with Crippen molar-refractivity contribution in [3.8, 4) is 0 Å². The number of benzene rings is 2. The summed E-state index contributed by atoms with van der Waals surface area (Å²) in [6.07, 6.45) is 1.65. The Morgan fingerprint density at radius 1 is 0.960 bits per heavy atom. The van der Waals surface area contributed by atoms with Gasteiger partial charge >= 0.3 is 5.69 Å². The molecule has 25 heavy (non-hydrogen) atoms. The van der Waals surface area contributed by atoms with E-state index in [1.807, 2.05) is 61.5 Å². The molecule has 0 spiro atoms. The zero-order valence-electron chi connectivity index (χ0n) is 14.4. The third-order valence-corrected chi connectivity index (χ3v) is 4.25. The number of nitrogens with one attached hydrogen (secondary N) is 1. The molecule has 130 valence electrons. The quantitative estimate of drug-likeness (QED) is 0.720. The van der Waals surface area contributed by atoms with E-state index in [2.05, 4.69) is 5.32 Å². The van der Waals surface area contributed by atoms with Gasteiger partial charge in [0.15, 0.2) is 0 Å². The van der Waals surface area contributed by atoms with Crippen LogP contribution in [0.5, 0.6) is 0 Å². The number of hydrogen-bond donors (Lipinski definition) is 1. The molecule has 0 fully saturated rings. The predicted molar refractivity (Wildman–Crippen MR) is 99.6 cm³/mol. The smallest absolute Gasteiger partial charge is 0.329 e. The number of imidazole rings is 1. The van der Waals surface area contributed by atoms with Crippen LogP contribution in [0.3, 0.4) is 0 Å². The number of hydrogen-bond acceptors (Lipinski definition) is 2. The second-order valence-corrected chi connectivity index (χ2v) is 6.09. The van der Waals surface area contributed by atoms with E-state index in [4.69, 9.17) is 0 Å². The number of para-hydroxylation sites is 2. The summed E-state index contributed by atoms with van der Waals surface area (Å²) >= 11 is 0. The van der Waals surface area contributed by atoms with Gasteiger partial charge in [0.1, 0.15) is 6.54 Å². The van der Waals surface area contributed by atoms with Crippen molar-refractivity contribution in [3.05, 3.63) is 70.6 Å². The van der Waals surface area contributed by atoms with Crippen LogP contribution in [-0.2, 0) is 24.3 Å². The summed E-state index contributed by atoms with van der Waals surface area (Å²) in [6.45, 7) is 3.30. The molecule has 0 saturated carbocycles. The van der Waals surface area contributed by atoms with Gasteiger partial charge in [-0.25, -0.2) is 4.79 Å². The Morgan fingerprint density at radius 3 is 2.28 bits per heavy atom.